The van der Waals surface area contributed by atoms with Gasteiger partial charge in [0.15, 0.2) is 5.96 Å². The number of fused-ring (bicyclic) bond motifs is 1. The second-order valence-electron chi connectivity index (χ2n) is 5.23. The van der Waals surface area contributed by atoms with Gasteiger partial charge in [0.25, 0.3) is 0 Å². The second kappa shape index (κ2) is 9.43. The third kappa shape index (κ3) is 5.44. The Hall–Kier alpha value is -1.72. The summed E-state index contributed by atoms with van der Waals surface area (Å²) in [5, 5.41) is 8.56. The van der Waals surface area contributed by atoms with Gasteiger partial charge in [-0.05, 0) is 43.5 Å². The molecule has 5 nitrogen and oxygen atoms in total. The number of aliphatic imine (C=N–C) groups is 1. The van der Waals surface area contributed by atoms with Gasteiger partial charge in [0, 0.05) is 55.5 Å². The molecule has 0 radical (unpaired) electrons. The van der Waals surface area contributed by atoms with Gasteiger partial charge in [-0.2, -0.15) is 0 Å². The molecule has 2 rings (SSSR count). The molecular weight excluding hydrogens is 312 g/mol. The van der Waals surface area contributed by atoms with Gasteiger partial charge in [0.2, 0.25) is 0 Å². The molecule has 0 saturated heterocycles. The van der Waals surface area contributed by atoms with Crippen LogP contribution in [-0.2, 0) is 11.2 Å². The van der Waals surface area contributed by atoms with Crippen LogP contribution in [0.4, 0.5) is 0 Å². The maximum atomic E-state index is 6.08. The third-order valence-electron chi connectivity index (χ3n) is 3.60. The van der Waals surface area contributed by atoms with Crippen molar-refractivity contribution in [2.45, 2.75) is 19.8 Å². The third-order valence-corrected chi connectivity index (χ3v) is 3.84. The van der Waals surface area contributed by atoms with Crippen LogP contribution in [0, 0.1) is 0 Å². The monoisotopic (exact) mass is 336 g/mol. The molecule has 23 heavy (non-hydrogen) atoms. The number of nitrogens with one attached hydrogen (secondary N) is 3. The number of nitrogens with zero attached hydrogens (tertiary/aromatic N) is 1. The Balaban J connectivity index is 1.77. The van der Waals surface area contributed by atoms with Crippen LogP contribution in [0.2, 0.25) is 5.02 Å². The highest BCUT2D eigenvalue weighted by Crippen LogP contribution is 2.22. The summed E-state index contributed by atoms with van der Waals surface area (Å²) in [4.78, 5) is 7.50. The minimum Gasteiger partial charge on any atom is -0.382 e. The van der Waals surface area contributed by atoms with Crippen LogP contribution in [0.3, 0.4) is 0 Å². The fraction of sp³-hybridized carbons (Fsp3) is 0.471. The van der Waals surface area contributed by atoms with Crippen molar-refractivity contribution in [3.05, 3.63) is 35.0 Å². The molecule has 1 aromatic carbocycles. The highest BCUT2D eigenvalue weighted by atomic mass is 35.5. The molecule has 0 aliphatic rings. The van der Waals surface area contributed by atoms with Crippen molar-refractivity contribution in [1.29, 1.82) is 0 Å². The largest absolute Gasteiger partial charge is 0.382 e. The summed E-state index contributed by atoms with van der Waals surface area (Å²) in [6.45, 7) is 5.21. The highest BCUT2D eigenvalue weighted by Gasteiger charge is 2.05. The van der Waals surface area contributed by atoms with E-state index in [2.05, 4.69) is 20.6 Å². The van der Waals surface area contributed by atoms with Crippen LogP contribution in [0.25, 0.3) is 10.9 Å². The number of hydrogen-bond acceptors (Lipinski definition) is 2. The van der Waals surface area contributed by atoms with E-state index in [4.69, 9.17) is 16.3 Å². The first kappa shape index (κ1) is 17.6. The Labute approximate surface area is 142 Å². The lowest BCUT2D eigenvalue weighted by Crippen LogP contribution is -2.39. The Morgan fingerprint density at radius 2 is 2.13 bits per heavy atom. The number of rotatable bonds is 8. The van der Waals surface area contributed by atoms with Crippen molar-refractivity contribution in [2.24, 2.45) is 4.99 Å². The quantitative estimate of drug-likeness (QED) is 0.394. The predicted octanol–water partition coefficient (Wildman–Crippen LogP) is 2.96. The molecule has 0 amide bonds. The van der Waals surface area contributed by atoms with E-state index in [-0.39, 0.29) is 0 Å². The second-order valence-corrected chi connectivity index (χ2v) is 5.67. The fourth-order valence-electron chi connectivity index (χ4n) is 2.42. The lowest BCUT2D eigenvalue weighted by Gasteiger charge is -2.11. The molecule has 0 saturated carbocycles. The zero-order chi connectivity index (χ0) is 16.5. The average Bonchev–Trinajstić information content (AvgIpc) is 2.95. The average molecular weight is 337 g/mol. The number of hydrogen-bond donors (Lipinski definition) is 3. The molecule has 0 atom stereocenters. The Morgan fingerprint density at radius 3 is 2.91 bits per heavy atom. The molecule has 2 aromatic rings. The van der Waals surface area contributed by atoms with Gasteiger partial charge in [-0.1, -0.05) is 11.6 Å². The van der Waals surface area contributed by atoms with Crippen LogP contribution in [0.15, 0.2) is 29.4 Å². The smallest absolute Gasteiger partial charge is 0.190 e. The SMILES string of the molecule is CCOCCCNC(=NC)NCCc1c[nH]c2ccc(Cl)cc12. The van der Waals surface area contributed by atoms with E-state index in [1.807, 2.05) is 31.3 Å². The summed E-state index contributed by atoms with van der Waals surface area (Å²) >= 11 is 6.08. The lowest BCUT2D eigenvalue weighted by molar-refractivity contribution is 0.145. The summed E-state index contributed by atoms with van der Waals surface area (Å²) in [5.74, 6) is 0.819. The summed E-state index contributed by atoms with van der Waals surface area (Å²) in [6.07, 6.45) is 3.91. The van der Waals surface area contributed by atoms with Crippen molar-refractivity contribution >= 4 is 28.5 Å². The number of aromatic nitrogens is 1. The van der Waals surface area contributed by atoms with E-state index in [9.17, 15) is 0 Å². The van der Waals surface area contributed by atoms with Crippen molar-refractivity contribution in [1.82, 2.24) is 15.6 Å². The Kier molecular flexibility index (Phi) is 7.23. The highest BCUT2D eigenvalue weighted by molar-refractivity contribution is 6.31. The molecule has 126 valence electrons. The van der Waals surface area contributed by atoms with E-state index < -0.39 is 0 Å². The van der Waals surface area contributed by atoms with E-state index in [0.717, 1.165) is 55.6 Å². The first-order chi connectivity index (χ1) is 11.2. The van der Waals surface area contributed by atoms with Gasteiger partial charge in [-0.3, -0.25) is 4.99 Å². The molecule has 0 unspecified atom stereocenters. The number of halogens is 1. The lowest BCUT2D eigenvalue weighted by atomic mass is 10.1. The minimum absolute atomic E-state index is 0.762. The molecule has 1 heterocycles. The summed E-state index contributed by atoms with van der Waals surface area (Å²) in [6, 6.07) is 5.91. The van der Waals surface area contributed by atoms with Gasteiger partial charge in [-0.25, -0.2) is 0 Å². The van der Waals surface area contributed by atoms with E-state index in [1.54, 1.807) is 7.05 Å². The van der Waals surface area contributed by atoms with E-state index in [0.29, 0.717) is 0 Å². The zero-order valence-electron chi connectivity index (χ0n) is 13.8. The van der Waals surface area contributed by atoms with Gasteiger partial charge >= 0.3 is 0 Å². The number of guanidine groups is 1. The van der Waals surface area contributed by atoms with Crippen LogP contribution < -0.4 is 10.6 Å². The minimum atomic E-state index is 0.762. The fourth-order valence-corrected chi connectivity index (χ4v) is 2.59. The molecule has 0 spiro atoms. The first-order valence-corrected chi connectivity index (χ1v) is 8.40. The van der Waals surface area contributed by atoms with Gasteiger partial charge in [0.1, 0.15) is 0 Å². The van der Waals surface area contributed by atoms with Crippen molar-refractivity contribution in [3.63, 3.8) is 0 Å². The zero-order valence-corrected chi connectivity index (χ0v) is 14.5. The number of benzene rings is 1. The molecule has 6 heteroatoms. The number of aromatic amines is 1. The van der Waals surface area contributed by atoms with Crippen molar-refractivity contribution in [3.8, 4) is 0 Å². The van der Waals surface area contributed by atoms with Crippen LogP contribution >= 0.6 is 11.6 Å². The molecule has 0 aliphatic carbocycles. The summed E-state index contributed by atoms with van der Waals surface area (Å²) in [7, 11) is 1.78. The normalized spacial score (nSPS) is 11.9. The van der Waals surface area contributed by atoms with Gasteiger partial charge < -0.3 is 20.4 Å². The van der Waals surface area contributed by atoms with E-state index >= 15 is 0 Å². The standard InChI is InChI=1S/C17H25ClN4O/c1-3-23-10-4-8-20-17(19-2)21-9-7-13-12-22-16-6-5-14(18)11-15(13)16/h5-6,11-12,22H,3-4,7-10H2,1-2H3,(H2,19,20,21). The topological polar surface area (TPSA) is 61.4 Å². The molecule has 0 aliphatic heterocycles. The Morgan fingerprint density at radius 1 is 1.30 bits per heavy atom. The van der Waals surface area contributed by atoms with Crippen molar-refractivity contribution in [2.75, 3.05) is 33.4 Å². The number of H-pyrrole nitrogens is 1. The summed E-state index contributed by atoms with van der Waals surface area (Å²) < 4.78 is 5.32. The van der Waals surface area contributed by atoms with E-state index in [1.165, 1.54) is 10.9 Å². The van der Waals surface area contributed by atoms with Gasteiger partial charge in [0.05, 0.1) is 0 Å². The molecule has 0 fully saturated rings. The van der Waals surface area contributed by atoms with Crippen LogP contribution in [0.5, 0.6) is 0 Å². The number of ether oxygens (including phenoxy) is 1. The molecular formula is C17H25ClN4O. The van der Waals surface area contributed by atoms with Crippen LogP contribution in [0.1, 0.15) is 18.9 Å². The van der Waals surface area contributed by atoms with Crippen molar-refractivity contribution < 1.29 is 4.74 Å². The maximum Gasteiger partial charge on any atom is 0.190 e. The molecule has 0 bridgehead atoms. The Bertz CT molecular complexity index is 639. The molecule has 3 N–H and O–H groups in total. The maximum absolute atomic E-state index is 6.08. The molecule has 1 aromatic heterocycles. The first-order valence-electron chi connectivity index (χ1n) is 8.02. The summed E-state index contributed by atoms with van der Waals surface area (Å²) in [5.41, 5.74) is 2.37. The van der Waals surface area contributed by atoms with Gasteiger partial charge in [-0.15, -0.1) is 0 Å². The predicted molar refractivity (Wildman–Crippen MR) is 97.5 cm³/mol. The van der Waals surface area contributed by atoms with Crippen LogP contribution in [-0.4, -0.2) is 44.3 Å².